The Morgan fingerprint density at radius 1 is 0.773 bits per heavy atom. The van der Waals surface area contributed by atoms with Crippen LogP contribution in [-0.2, 0) is 5.54 Å². The minimum Gasteiger partial charge on any atom is -0.204 e. The van der Waals surface area contributed by atoms with E-state index in [1.807, 2.05) is 50.2 Å². The highest BCUT2D eigenvalue weighted by atomic mass is 15.1. The summed E-state index contributed by atoms with van der Waals surface area (Å²) >= 11 is 0. The Hall–Kier alpha value is -2.76. The third-order valence-corrected chi connectivity index (χ3v) is 3.18. The minimum absolute atomic E-state index is 0.456. The van der Waals surface area contributed by atoms with Gasteiger partial charge in [0, 0.05) is 7.05 Å². The van der Waals surface area contributed by atoms with E-state index in [0.29, 0.717) is 5.69 Å². The van der Waals surface area contributed by atoms with Crippen LogP contribution in [0.3, 0.4) is 0 Å². The second kappa shape index (κ2) is 6.80. The molecule has 1 N–H and O–H groups in total. The van der Waals surface area contributed by atoms with E-state index in [-0.39, 0.29) is 0 Å². The first-order valence-corrected chi connectivity index (χ1v) is 6.86. The number of hydrogen-bond acceptors (Lipinski definition) is 6. The Balaban J connectivity index is 2.17. The van der Waals surface area contributed by atoms with Gasteiger partial charge >= 0.3 is 0 Å². The Labute approximate surface area is 129 Å². The van der Waals surface area contributed by atoms with Gasteiger partial charge in [-0.25, -0.2) is 5.53 Å². The second-order valence-electron chi connectivity index (χ2n) is 5.23. The number of benzene rings is 2. The number of nitrogens with one attached hydrogen (secondary N) is 1. The van der Waals surface area contributed by atoms with Crippen LogP contribution in [0, 0.1) is 5.53 Å². The van der Waals surface area contributed by atoms with Gasteiger partial charge in [-0.1, -0.05) is 12.1 Å². The van der Waals surface area contributed by atoms with Crippen LogP contribution < -0.4 is 0 Å². The summed E-state index contributed by atoms with van der Waals surface area (Å²) in [6.45, 7) is 3.98. The molecule has 2 rings (SSSR count). The molecule has 0 fully saturated rings. The largest absolute Gasteiger partial charge is 0.204 e. The van der Waals surface area contributed by atoms with Crippen LogP contribution in [0.2, 0.25) is 0 Å². The first kappa shape index (κ1) is 15.6. The Kier molecular flexibility index (Phi) is 4.83. The van der Waals surface area contributed by atoms with Gasteiger partial charge in [0.1, 0.15) is 5.54 Å². The topological polar surface area (TPSA) is 85.7 Å². The first-order valence-electron chi connectivity index (χ1n) is 6.86. The zero-order chi connectivity index (χ0) is 16.0. The van der Waals surface area contributed by atoms with Gasteiger partial charge in [-0.05, 0) is 55.8 Å². The fourth-order valence-electron chi connectivity index (χ4n) is 1.89. The minimum atomic E-state index is -0.456. The number of azo groups is 2. The first-order chi connectivity index (χ1) is 10.5. The van der Waals surface area contributed by atoms with Crippen LogP contribution in [-0.4, -0.2) is 7.05 Å². The number of nitrogens with zero attached hydrogens (tertiary/aromatic N) is 5. The van der Waals surface area contributed by atoms with Crippen molar-refractivity contribution in [1.29, 1.82) is 5.53 Å². The van der Waals surface area contributed by atoms with Crippen molar-refractivity contribution in [2.24, 2.45) is 25.6 Å². The van der Waals surface area contributed by atoms with E-state index >= 15 is 0 Å². The van der Waals surface area contributed by atoms with Crippen molar-refractivity contribution in [3.05, 3.63) is 54.1 Å². The molecular formula is C16H18N6. The lowest BCUT2D eigenvalue weighted by Crippen LogP contribution is -2.12. The van der Waals surface area contributed by atoms with Crippen molar-refractivity contribution in [2.45, 2.75) is 19.4 Å². The summed E-state index contributed by atoms with van der Waals surface area (Å²) in [6, 6.07) is 14.8. The molecule has 112 valence electrons. The molecular weight excluding hydrogens is 276 g/mol. The second-order valence-corrected chi connectivity index (χ2v) is 5.23. The molecule has 0 atom stereocenters. The highest BCUT2D eigenvalue weighted by Gasteiger charge is 2.19. The summed E-state index contributed by atoms with van der Waals surface area (Å²) in [5.74, 6) is 0. The molecule has 6 heteroatoms. The molecule has 0 saturated carbocycles. The summed E-state index contributed by atoms with van der Waals surface area (Å²) in [5.41, 5.74) is 9.71. The van der Waals surface area contributed by atoms with Gasteiger partial charge in [0.25, 0.3) is 0 Å². The highest BCUT2D eigenvalue weighted by Crippen LogP contribution is 2.29. The van der Waals surface area contributed by atoms with Crippen molar-refractivity contribution >= 4 is 17.1 Å². The SMILES string of the molecule is CN=Nc1ccc(N=NC(C)(C)c2ccc(N=N)cc2)cc1. The average molecular weight is 294 g/mol. The maximum atomic E-state index is 6.98. The van der Waals surface area contributed by atoms with Gasteiger partial charge in [0.2, 0.25) is 0 Å². The third kappa shape index (κ3) is 3.88. The zero-order valence-electron chi connectivity index (χ0n) is 12.9. The summed E-state index contributed by atoms with van der Waals surface area (Å²) in [7, 11) is 1.63. The summed E-state index contributed by atoms with van der Waals surface area (Å²) in [5, 5.41) is 19.8. The molecule has 0 aliphatic heterocycles. The summed E-state index contributed by atoms with van der Waals surface area (Å²) in [6.07, 6.45) is 0. The zero-order valence-corrected chi connectivity index (χ0v) is 12.9. The van der Waals surface area contributed by atoms with Crippen molar-refractivity contribution < 1.29 is 0 Å². The molecule has 0 aromatic heterocycles. The maximum absolute atomic E-state index is 6.98. The number of hydrogen-bond donors (Lipinski definition) is 1. The highest BCUT2D eigenvalue weighted by molar-refractivity contribution is 5.46. The lowest BCUT2D eigenvalue weighted by molar-refractivity contribution is 0.527. The average Bonchev–Trinajstić information content (AvgIpc) is 2.55. The lowest BCUT2D eigenvalue weighted by Gasteiger charge is -2.18. The summed E-state index contributed by atoms with van der Waals surface area (Å²) < 4.78 is 0. The Bertz CT molecular complexity index is 684. The predicted octanol–water partition coefficient (Wildman–Crippen LogP) is 6.08. The molecule has 0 bridgehead atoms. The van der Waals surface area contributed by atoms with E-state index in [9.17, 15) is 0 Å². The van der Waals surface area contributed by atoms with Crippen molar-refractivity contribution in [1.82, 2.24) is 0 Å². The van der Waals surface area contributed by atoms with Crippen LogP contribution >= 0.6 is 0 Å². The lowest BCUT2D eigenvalue weighted by atomic mass is 9.95. The fourth-order valence-corrected chi connectivity index (χ4v) is 1.89. The predicted molar refractivity (Wildman–Crippen MR) is 85.7 cm³/mol. The Morgan fingerprint density at radius 3 is 1.77 bits per heavy atom. The quantitative estimate of drug-likeness (QED) is 0.648. The summed E-state index contributed by atoms with van der Waals surface area (Å²) in [4.78, 5) is 0. The molecule has 0 aliphatic rings. The van der Waals surface area contributed by atoms with Gasteiger partial charge in [0.15, 0.2) is 0 Å². The van der Waals surface area contributed by atoms with Gasteiger partial charge in [-0.3, -0.25) is 0 Å². The van der Waals surface area contributed by atoms with Crippen molar-refractivity contribution in [3.63, 3.8) is 0 Å². The fraction of sp³-hybridized carbons (Fsp3) is 0.250. The van der Waals surface area contributed by atoms with E-state index in [1.165, 1.54) is 0 Å². The smallest absolute Gasteiger partial charge is 0.101 e. The van der Waals surface area contributed by atoms with Crippen molar-refractivity contribution in [2.75, 3.05) is 7.05 Å². The van der Waals surface area contributed by atoms with Crippen LogP contribution in [0.1, 0.15) is 19.4 Å². The van der Waals surface area contributed by atoms with E-state index in [1.54, 1.807) is 19.2 Å². The molecule has 0 spiro atoms. The number of rotatable bonds is 5. The molecule has 2 aromatic rings. The molecule has 0 amide bonds. The van der Waals surface area contributed by atoms with Crippen LogP contribution in [0.25, 0.3) is 0 Å². The molecule has 0 saturated heterocycles. The van der Waals surface area contributed by atoms with Gasteiger partial charge in [0.05, 0.1) is 17.1 Å². The normalized spacial score (nSPS) is 12.1. The molecule has 2 aromatic carbocycles. The van der Waals surface area contributed by atoms with E-state index < -0.39 is 5.54 Å². The monoisotopic (exact) mass is 294 g/mol. The third-order valence-electron chi connectivity index (χ3n) is 3.18. The van der Waals surface area contributed by atoms with E-state index in [4.69, 9.17) is 5.53 Å². The van der Waals surface area contributed by atoms with Crippen LogP contribution in [0.4, 0.5) is 17.1 Å². The van der Waals surface area contributed by atoms with Crippen molar-refractivity contribution in [3.8, 4) is 0 Å². The van der Waals surface area contributed by atoms with Crippen LogP contribution in [0.15, 0.2) is 74.1 Å². The van der Waals surface area contributed by atoms with E-state index in [0.717, 1.165) is 16.9 Å². The molecule has 0 aliphatic carbocycles. The molecule has 0 unspecified atom stereocenters. The van der Waals surface area contributed by atoms with E-state index in [2.05, 4.69) is 25.6 Å². The standard InChI is InChI=1S/C16H18N6/c1-16(2,12-4-6-13(19-17)7-5-12)22-21-15-10-8-14(9-11-15)20-18-3/h4-11,17H,1-3H3. The van der Waals surface area contributed by atoms with Crippen LogP contribution in [0.5, 0.6) is 0 Å². The molecule has 6 nitrogen and oxygen atoms in total. The van der Waals surface area contributed by atoms with Gasteiger partial charge in [-0.15, -0.1) is 0 Å². The maximum Gasteiger partial charge on any atom is 0.101 e. The molecule has 22 heavy (non-hydrogen) atoms. The van der Waals surface area contributed by atoms with Gasteiger partial charge in [-0.2, -0.15) is 25.6 Å². The molecule has 0 radical (unpaired) electrons. The Morgan fingerprint density at radius 2 is 1.27 bits per heavy atom. The van der Waals surface area contributed by atoms with Gasteiger partial charge < -0.3 is 0 Å². The molecule has 0 heterocycles.